The highest BCUT2D eigenvalue weighted by Gasteiger charge is 2.50. The van der Waals surface area contributed by atoms with E-state index in [1.807, 2.05) is 0 Å². The van der Waals surface area contributed by atoms with E-state index in [1.54, 1.807) is 24.5 Å². The van der Waals surface area contributed by atoms with Gasteiger partial charge in [0.05, 0.1) is 0 Å². The van der Waals surface area contributed by atoms with Crippen LogP contribution in [0.4, 0.5) is 0 Å². The van der Waals surface area contributed by atoms with Gasteiger partial charge in [0.15, 0.2) is 0 Å². The minimum atomic E-state index is -4.21. The zero-order valence-electron chi connectivity index (χ0n) is 8.13. The molecular weight excluding hydrogens is 215 g/mol. The molecule has 1 aromatic rings. The Morgan fingerprint density at radius 1 is 1.40 bits per heavy atom. The Hall–Kier alpha value is -0.740. The van der Waals surface area contributed by atoms with Crippen molar-refractivity contribution in [2.24, 2.45) is 0 Å². The standard InChI is InChI=1S/C9H13N2O3P/c12-15(13,14)9(4-1-5-11-9)8-2-6-10-7-3-8/h2-3,6-7,11H,1,4-5H2,(H2,12,13,14). The van der Waals surface area contributed by atoms with E-state index in [2.05, 4.69) is 10.3 Å². The summed E-state index contributed by atoms with van der Waals surface area (Å²) in [6, 6.07) is 3.30. The van der Waals surface area contributed by atoms with Crippen LogP contribution in [0.1, 0.15) is 18.4 Å². The minimum Gasteiger partial charge on any atom is -0.323 e. The molecule has 2 heterocycles. The summed E-state index contributed by atoms with van der Waals surface area (Å²) in [5.74, 6) is 0. The van der Waals surface area contributed by atoms with Crippen LogP contribution in [0.3, 0.4) is 0 Å². The molecule has 1 fully saturated rings. The molecule has 2 rings (SSSR count). The Bertz CT molecular complexity index is 384. The lowest BCUT2D eigenvalue weighted by molar-refractivity contribution is 0.313. The van der Waals surface area contributed by atoms with Crippen LogP contribution in [-0.4, -0.2) is 21.3 Å². The average molecular weight is 228 g/mol. The largest absolute Gasteiger partial charge is 0.349 e. The molecule has 0 bridgehead atoms. The Labute approximate surface area is 87.7 Å². The van der Waals surface area contributed by atoms with E-state index in [4.69, 9.17) is 0 Å². The fourth-order valence-corrected chi connectivity index (χ4v) is 3.27. The molecule has 0 spiro atoms. The minimum absolute atomic E-state index is 0.460. The van der Waals surface area contributed by atoms with Crippen molar-refractivity contribution in [1.82, 2.24) is 10.3 Å². The van der Waals surface area contributed by atoms with Crippen LogP contribution in [-0.2, 0) is 9.85 Å². The molecule has 0 radical (unpaired) electrons. The summed E-state index contributed by atoms with van der Waals surface area (Å²) in [5, 5.41) is 1.74. The molecule has 82 valence electrons. The van der Waals surface area contributed by atoms with Gasteiger partial charge in [0.25, 0.3) is 0 Å². The summed E-state index contributed by atoms with van der Waals surface area (Å²) >= 11 is 0. The number of aromatic nitrogens is 1. The highest BCUT2D eigenvalue weighted by atomic mass is 31.2. The first-order valence-electron chi connectivity index (χ1n) is 4.77. The quantitative estimate of drug-likeness (QED) is 0.652. The Kier molecular flexibility index (Phi) is 2.64. The van der Waals surface area contributed by atoms with Crippen LogP contribution in [0.5, 0.6) is 0 Å². The van der Waals surface area contributed by atoms with Crippen LogP contribution in [0, 0.1) is 0 Å². The second-order valence-corrected chi connectivity index (χ2v) is 5.52. The summed E-state index contributed by atoms with van der Waals surface area (Å²) in [5.41, 5.74) is 0.614. The van der Waals surface area contributed by atoms with Gasteiger partial charge in [-0.05, 0) is 37.1 Å². The average Bonchev–Trinajstić information content (AvgIpc) is 2.68. The van der Waals surface area contributed by atoms with Crippen molar-refractivity contribution in [3.8, 4) is 0 Å². The maximum atomic E-state index is 11.6. The number of hydrogen-bond donors (Lipinski definition) is 3. The first kappa shape index (κ1) is 10.8. The summed E-state index contributed by atoms with van der Waals surface area (Å²) in [6.45, 7) is 0.632. The number of rotatable bonds is 2. The van der Waals surface area contributed by atoms with Crippen molar-refractivity contribution in [1.29, 1.82) is 0 Å². The van der Waals surface area contributed by atoms with Gasteiger partial charge in [-0.1, -0.05) is 0 Å². The van der Waals surface area contributed by atoms with Crippen LogP contribution >= 0.6 is 7.60 Å². The lowest BCUT2D eigenvalue weighted by Gasteiger charge is -2.30. The monoisotopic (exact) mass is 228 g/mol. The fraction of sp³-hybridized carbons (Fsp3) is 0.444. The van der Waals surface area contributed by atoms with Crippen molar-refractivity contribution >= 4 is 7.60 Å². The van der Waals surface area contributed by atoms with Gasteiger partial charge in [-0.15, -0.1) is 0 Å². The van der Waals surface area contributed by atoms with Gasteiger partial charge >= 0.3 is 7.60 Å². The molecule has 15 heavy (non-hydrogen) atoms. The summed E-state index contributed by atoms with van der Waals surface area (Å²) < 4.78 is 11.6. The molecule has 1 unspecified atom stereocenters. The smallest absolute Gasteiger partial charge is 0.323 e. The third-order valence-electron chi connectivity index (χ3n) is 2.79. The van der Waals surface area contributed by atoms with Crippen molar-refractivity contribution in [2.45, 2.75) is 18.1 Å². The van der Waals surface area contributed by atoms with Gasteiger partial charge in [-0.3, -0.25) is 14.9 Å². The lowest BCUT2D eigenvalue weighted by Crippen LogP contribution is -2.36. The van der Waals surface area contributed by atoms with Crippen molar-refractivity contribution in [3.05, 3.63) is 30.1 Å². The van der Waals surface area contributed by atoms with Gasteiger partial charge in [0.1, 0.15) is 5.28 Å². The highest BCUT2D eigenvalue weighted by Crippen LogP contribution is 2.59. The Morgan fingerprint density at radius 3 is 2.53 bits per heavy atom. The molecule has 1 aliphatic rings. The number of nitrogens with zero attached hydrogens (tertiary/aromatic N) is 1. The van der Waals surface area contributed by atoms with E-state index in [-0.39, 0.29) is 0 Å². The van der Waals surface area contributed by atoms with Crippen molar-refractivity contribution < 1.29 is 14.4 Å². The molecule has 0 aliphatic carbocycles. The van der Waals surface area contributed by atoms with Gasteiger partial charge < -0.3 is 9.79 Å². The van der Waals surface area contributed by atoms with Crippen LogP contribution < -0.4 is 5.32 Å². The van der Waals surface area contributed by atoms with Gasteiger partial charge in [-0.2, -0.15) is 0 Å². The molecule has 0 amide bonds. The molecule has 5 nitrogen and oxygen atoms in total. The molecule has 3 N–H and O–H groups in total. The first-order valence-corrected chi connectivity index (χ1v) is 6.39. The van der Waals surface area contributed by atoms with Crippen molar-refractivity contribution in [2.75, 3.05) is 6.54 Å². The highest BCUT2D eigenvalue weighted by molar-refractivity contribution is 7.53. The summed E-state index contributed by atoms with van der Waals surface area (Å²) in [4.78, 5) is 22.7. The zero-order valence-corrected chi connectivity index (χ0v) is 9.02. The van der Waals surface area contributed by atoms with E-state index in [0.717, 1.165) is 6.42 Å². The van der Waals surface area contributed by atoms with E-state index in [9.17, 15) is 14.4 Å². The molecule has 1 atom stereocenters. The topological polar surface area (TPSA) is 82.5 Å². The second kappa shape index (κ2) is 3.68. The molecule has 1 saturated heterocycles. The van der Waals surface area contributed by atoms with Gasteiger partial charge in [0, 0.05) is 12.4 Å². The van der Waals surface area contributed by atoms with Gasteiger partial charge in [0.2, 0.25) is 0 Å². The predicted octanol–water partition coefficient (Wildman–Crippen LogP) is 0.795. The number of nitrogens with one attached hydrogen (secondary N) is 1. The fourth-order valence-electron chi connectivity index (χ4n) is 2.02. The SMILES string of the molecule is O=P(O)(O)C1(c2ccncc2)CCCN1. The normalized spacial score (nSPS) is 26.8. The maximum Gasteiger partial charge on any atom is 0.349 e. The van der Waals surface area contributed by atoms with Crippen LogP contribution in [0.15, 0.2) is 24.5 Å². The van der Waals surface area contributed by atoms with E-state index in [1.165, 1.54) is 0 Å². The Balaban J connectivity index is 2.49. The van der Waals surface area contributed by atoms with Crippen molar-refractivity contribution in [3.63, 3.8) is 0 Å². The maximum absolute atomic E-state index is 11.6. The zero-order chi connectivity index (χ0) is 10.9. The first-order chi connectivity index (χ1) is 7.06. The molecular formula is C9H13N2O3P. The van der Waals surface area contributed by atoms with Crippen LogP contribution in [0.25, 0.3) is 0 Å². The van der Waals surface area contributed by atoms with Crippen LogP contribution in [0.2, 0.25) is 0 Å². The Morgan fingerprint density at radius 2 is 2.07 bits per heavy atom. The van der Waals surface area contributed by atoms with E-state index in [0.29, 0.717) is 18.5 Å². The molecule has 6 heteroatoms. The molecule has 0 aromatic carbocycles. The third-order valence-corrected chi connectivity index (χ3v) is 4.42. The second-order valence-electron chi connectivity index (χ2n) is 3.67. The molecule has 1 aliphatic heterocycles. The summed E-state index contributed by atoms with van der Waals surface area (Å²) in [6.07, 6.45) is 4.33. The third kappa shape index (κ3) is 1.72. The lowest BCUT2D eigenvalue weighted by atomic mass is 10.1. The number of pyridine rings is 1. The summed E-state index contributed by atoms with van der Waals surface area (Å²) in [7, 11) is -4.21. The van der Waals surface area contributed by atoms with E-state index >= 15 is 0 Å². The predicted molar refractivity (Wildman–Crippen MR) is 55.2 cm³/mol. The molecule has 1 aromatic heterocycles. The molecule has 0 saturated carbocycles. The van der Waals surface area contributed by atoms with E-state index < -0.39 is 12.9 Å². The van der Waals surface area contributed by atoms with Gasteiger partial charge in [-0.25, -0.2) is 0 Å². The number of hydrogen-bond acceptors (Lipinski definition) is 3.